The Morgan fingerprint density at radius 2 is 1.96 bits per heavy atom. The van der Waals surface area contributed by atoms with E-state index in [-0.39, 0.29) is 18.1 Å². The second-order valence-electron chi connectivity index (χ2n) is 6.03. The molecule has 0 unspecified atom stereocenters. The number of ketones is 1. The van der Waals surface area contributed by atoms with Crippen molar-refractivity contribution in [2.24, 2.45) is 7.05 Å². The maximum Gasteiger partial charge on any atom is 0.189 e. The molecule has 0 bridgehead atoms. The zero-order valence-electron chi connectivity index (χ0n) is 15.4. The number of rotatable bonds is 7. The third kappa shape index (κ3) is 4.62. The Balaban J connectivity index is 1.75. The Labute approximate surface area is 160 Å². The van der Waals surface area contributed by atoms with Gasteiger partial charge in [0.15, 0.2) is 17.3 Å². The van der Waals surface area contributed by atoms with Gasteiger partial charge >= 0.3 is 0 Å². The van der Waals surface area contributed by atoms with Gasteiger partial charge in [-0.3, -0.25) is 9.48 Å². The van der Waals surface area contributed by atoms with Crippen LogP contribution in [0.3, 0.4) is 0 Å². The molecule has 28 heavy (non-hydrogen) atoms. The first kappa shape index (κ1) is 19.3. The lowest BCUT2D eigenvalue weighted by atomic mass is 10.1. The van der Waals surface area contributed by atoms with Crippen molar-refractivity contribution in [2.45, 2.75) is 6.61 Å². The highest BCUT2D eigenvalue weighted by Gasteiger charge is 2.09. The second kappa shape index (κ2) is 8.47. The second-order valence-corrected chi connectivity index (χ2v) is 6.03. The van der Waals surface area contributed by atoms with Crippen LogP contribution >= 0.6 is 0 Å². The summed E-state index contributed by atoms with van der Waals surface area (Å²) in [5.41, 5.74) is 1.89. The van der Waals surface area contributed by atoms with E-state index in [0.717, 1.165) is 17.7 Å². The predicted molar refractivity (Wildman–Crippen MR) is 100 cm³/mol. The van der Waals surface area contributed by atoms with Gasteiger partial charge in [0.2, 0.25) is 0 Å². The van der Waals surface area contributed by atoms with Crippen LogP contribution < -0.4 is 9.47 Å². The molecule has 0 N–H and O–H groups in total. The van der Waals surface area contributed by atoms with Crippen LogP contribution in [0.15, 0.2) is 54.9 Å². The fraction of sp³-hybridized carbons (Fsp3) is 0.143. The minimum absolute atomic E-state index is 0.0178. The van der Waals surface area contributed by atoms with Crippen molar-refractivity contribution in [1.29, 1.82) is 0 Å². The summed E-state index contributed by atoms with van der Waals surface area (Å²) in [7, 11) is 3.25. The summed E-state index contributed by atoms with van der Waals surface area (Å²) in [6.45, 7) is 0.0178. The average Bonchev–Trinajstić information content (AvgIpc) is 3.12. The number of aromatic nitrogens is 2. The summed E-state index contributed by atoms with van der Waals surface area (Å²) in [6, 6.07) is 8.40. The molecule has 1 heterocycles. The van der Waals surface area contributed by atoms with Gasteiger partial charge in [-0.2, -0.15) is 5.10 Å². The number of aryl methyl sites for hydroxylation is 1. The van der Waals surface area contributed by atoms with E-state index in [1.165, 1.54) is 25.4 Å². The number of halogens is 2. The van der Waals surface area contributed by atoms with E-state index in [2.05, 4.69) is 5.10 Å². The van der Waals surface area contributed by atoms with Crippen LogP contribution in [0.1, 0.15) is 21.5 Å². The molecule has 2 aromatic carbocycles. The number of allylic oxidation sites excluding steroid dienone is 1. The van der Waals surface area contributed by atoms with Crippen LogP contribution in [-0.2, 0) is 13.7 Å². The standard InChI is InChI=1S/C21H18F2N2O3/c1-25-12-16(11-24-25)19(26)6-3-14-4-7-20(27-2)15(9-14)13-28-21-8-5-17(22)10-18(21)23/h3-12H,13H2,1-2H3/b6-3+. The Morgan fingerprint density at radius 3 is 2.64 bits per heavy atom. The van der Waals surface area contributed by atoms with Gasteiger partial charge in [-0.15, -0.1) is 0 Å². The number of methoxy groups -OCH3 is 1. The molecule has 0 saturated carbocycles. The molecule has 0 fully saturated rings. The Bertz CT molecular complexity index is 1030. The molecule has 0 saturated heterocycles. The maximum atomic E-state index is 13.7. The molecular formula is C21H18F2N2O3. The van der Waals surface area contributed by atoms with E-state index >= 15 is 0 Å². The van der Waals surface area contributed by atoms with Crippen molar-refractivity contribution in [1.82, 2.24) is 9.78 Å². The number of carbonyl (C=O) groups is 1. The monoisotopic (exact) mass is 384 g/mol. The Kier molecular flexibility index (Phi) is 5.84. The van der Waals surface area contributed by atoms with Crippen LogP contribution in [0, 0.1) is 11.6 Å². The van der Waals surface area contributed by atoms with E-state index in [9.17, 15) is 13.6 Å². The molecule has 0 aliphatic rings. The minimum Gasteiger partial charge on any atom is -0.496 e. The SMILES string of the molecule is COc1ccc(/C=C/C(=O)c2cnn(C)c2)cc1COc1ccc(F)cc1F. The first-order valence-corrected chi connectivity index (χ1v) is 8.42. The summed E-state index contributed by atoms with van der Waals surface area (Å²) < 4.78 is 39.0. The molecule has 0 amide bonds. The molecule has 0 atom stereocenters. The number of hydrogen-bond donors (Lipinski definition) is 0. The predicted octanol–water partition coefficient (Wildman–Crippen LogP) is 4.18. The number of carbonyl (C=O) groups excluding carboxylic acids is 1. The van der Waals surface area contributed by atoms with Crippen LogP contribution in [-0.4, -0.2) is 22.7 Å². The van der Waals surface area contributed by atoms with Crippen LogP contribution in [0.2, 0.25) is 0 Å². The van der Waals surface area contributed by atoms with Gasteiger partial charge < -0.3 is 9.47 Å². The molecular weight excluding hydrogens is 366 g/mol. The molecule has 7 heteroatoms. The number of nitrogens with zero attached hydrogens (tertiary/aromatic N) is 2. The smallest absolute Gasteiger partial charge is 0.189 e. The molecule has 3 aromatic rings. The fourth-order valence-electron chi connectivity index (χ4n) is 2.58. The molecule has 3 rings (SSSR count). The van der Waals surface area contributed by atoms with Crippen molar-refractivity contribution in [3.63, 3.8) is 0 Å². The summed E-state index contributed by atoms with van der Waals surface area (Å²) in [5.74, 6) is -1.13. The molecule has 0 aliphatic heterocycles. The van der Waals surface area contributed by atoms with E-state index in [4.69, 9.17) is 9.47 Å². The van der Waals surface area contributed by atoms with E-state index in [1.807, 2.05) is 0 Å². The van der Waals surface area contributed by atoms with Crippen molar-refractivity contribution in [3.05, 3.63) is 83.2 Å². The van der Waals surface area contributed by atoms with Gasteiger partial charge in [-0.05, 0) is 35.9 Å². The molecule has 0 spiro atoms. The third-order valence-corrected chi connectivity index (χ3v) is 4.00. The Hall–Kier alpha value is -3.48. The molecule has 144 valence electrons. The molecule has 0 aliphatic carbocycles. The van der Waals surface area contributed by atoms with E-state index in [1.54, 1.807) is 42.2 Å². The first-order valence-electron chi connectivity index (χ1n) is 8.42. The lowest BCUT2D eigenvalue weighted by Gasteiger charge is -2.12. The normalized spacial score (nSPS) is 11.0. The highest BCUT2D eigenvalue weighted by Crippen LogP contribution is 2.24. The van der Waals surface area contributed by atoms with E-state index < -0.39 is 11.6 Å². The Morgan fingerprint density at radius 1 is 1.18 bits per heavy atom. The summed E-state index contributed by atoms with van der Waals surface area (Å²) in [5, 5.41) is 3.97. The summed E-state index contributed by atoms with van der Waals surface area (Å²) >= 11 is 0. The van der Waals surface area contributed by atoms with Gasteiger partial charge in [0.25, 0.3) is 0 Å². The third-order valence-electron chi connectivity index (χ3n) is 4.00. The summed E-state index contributed by atoms with van der Waals surface area (Å²) in [6.07, 6.45) is 6.24. The van der Waals surface area contributed by atoms with Crippen molar-refractivity contribution in [2.75, 3.05) is 7.11 Å². The highest BCUT2D eigenvalue weighted by atomic mass is 19.1. The minimum atomic E-state index is -0.780. The average molecular weight is 384 g/mol. The maximum absolute atomic E-state index is 13.7. The lowest BCUT2D eigenvalue weighted by Crippen LogP contribution is -2.01. The van der Waals surface area contributed by atoms with Crippen molar-refractivity contribution < 1.29 is 23.0 Å². The van der Waals surface area contributed by atoms with Crippen LogP contribution in [0.5, 0.6) is 11.5 Å². The molecule has 1 aromatic heterocycles. The summed E-state index contributed by atoms with van der Waals surface area (Å²) in [4.78, 5) is 12.2. The van der Waals surface area contributed by atoms with Gasteiger partial charge in [0.1, 0.15) is 18.2 Å². The highest BCUT2D eigenvalue weighted by molar-refractivity contribution is 6.06. The molecule has 5 nitrogen and oxygen atoms in total. The number of hydrogen-bond acceptors (Lipinski definition) is 4. The first-order chi connectivity index (χ1) is 13.5. The lowest BCUT2D eigenvalue weighted by molar-refractivity contribution is 0.104. The topological polar surface area (TPSA) is 53.3 Å². The van der Waals surface area contributed by atoms with Gasteiger partial charge in [0.05, 0.1) is 18.9 Å². The van der Waals surface area contributed by atoms with E-state index in [0.29, 0.717) is 16.9 Å². The molecule has 0 radical (unpaired) electrons. The van der Waals surface area contributed by atoms with Crippen LogP contribution in [0.25, 0.3) is 6.08 Å². The number of benzene rings is 2. The quantitative estimate of drug-likeness (QED) is 0.453. The largest absolute Gasteiger partial charge is 0.496 e. The zero-order chi connectivity index (χ0) is 20.1. The van der Waals surface area contributed by atoms with Crippen molar-refractivity contribution >= 4 is 11.9 Å². The van der Waals surface area contributed by atoms with Crippen LogP contribution in [0.4, 0.5) is 8.78 Å². The van der Waals surface area contributed by atoms with Gasteiger partial charge in [-0.25, -0.2) is 8.78 Å². The van der Waals surface area contributed by atoms with Gasteiger partial charge in [-0.1, -0.05) is 12.1 Å². The fourth-order valence-corrected chi connectivity index (χ4v) is 2.58. The number of ether oxygens (including phenoxy) is 2. The van der Waals surface area contributed by atoms with Gasteiger partial charge in [0, 0.05) is 24.9 Å². The van der Waals surface area contributed by atoms with Crippen molar-refractivity contribution in [3.8, 4) is 11.5 Å². The zero-order valence-corrected chi connectivity index (χ0v) is 15.4.